The maximum absolute atomic E-state index is 12.8. The van der Waals surface area contributed by atoms with E-state index in [-0.39, 0.29) is 6.42 Å². The molecule has 0 saturated heterocycles. The Balaban J connectivity index is 2.57. The first-order valence-corrected chi connectivity index (χ1v) is 9.10. The fourth-order valence-corrected chi connectivity index (χ4v) is 3.60. The molecule has 1 aliphatic carbocycles. The van der Waals surface area contributed by atoms with Crippen LogP contribution in [0.2, 0.25) is 0 Å². The number of esters is 2. The molecule has 1 aromatic heterocycles. The Hall–Kier alpha value is -2.28. The van der Waals surface area contributed by atoms with Crippen molar-refractivity contribution in [3.05, 3.63) is 30.1 Å². The van der Waals surface area contributed by atoms with Gasteiger partial charge in [-0.3, -0.25) is 19.4 Å². The number of rotatable bonds is 5. The molecule has 148 valence electrons. The molecule has 1 N–H and O–H groups in total. The van der Waals surface area contributed by atoms with Crippen LogP contribution >= 0.6 is 0 Å². The predicted octanol–water partition coefficient (Wildman–Crippen LogP) is 2.02. The summed E-state index contributed by atoms with van der Waals surface area (Å²) in [6.45, 7) is 8.19. The van der Waals surface area contributed by atoms with E-state index in [1.165, 1.54) is 13.1 Å². The molecule has 7 heteroatoms. The minimum Gasteiger partial charge on any atom is -0.463 e. The molecule has 27 heavy (non-hydrogen) atoms. The van der Waals surface area contributed by atoms with E-state index in [4.69, 9.17) is 9.47 Å². The van der Waals surface area contributed by atoms with Gasteiger partial charge in [0.05, 0.1) is 23.7 Å². The summed E-state index contributed by atoms with van der Waals surface area (Å²) >= 11 is 0. The average molecular weight is 377 g/mol. The Bertz CT molecular complexity index is 690. The molecule has 1 aliphatic rings. The van der Waals surface area contributed by atoms with Crippen LogP contribution in [0.25, 0.3) is 0 Å². The predicted molar refractivity (Wildman–Crippen MR) is 96.7 cm³/mol. The number of carbonyl (C=O) groups excluding carboxylic acids is 3. The second-order valence-electron chi connectivity index (χ2n) is 7.74. The van der Waals surface area contributed by atoms with Gasteiger partial charge in [-0.2, -0.15) is 0 Å². The van der Waals surface area contributed by atoms with Crippen LogP contribution in [0.5, 0.6) is 0 Å². The minimum absolute atomic E-state index is 0.334. The summed E-state index contributed by atoms with van der Waals surface area (Å²) in [5, 5.41) is 10.9. The summed E-state index contributed by atoms with van der Waals surface area (Å²) < 4.78 is 10.6. The fourth-order valence-electron chi connectivity index (χ4n) is 3.60. The molecule has 0 aliphatic heterocycles. The average Bonchev–Trinajstić information content (AvgIpc) is 2.52. The number of hydrogen-bond acceptors (Lipinski definition) is 7. The lowest BCUT2D eigenvalue weighted by Crippen LogP contribution is -2.55. The summed E-state index contributed by atoms with van der Waals surface area (Å²) in [4.78, 5) is 42.4. The fraction of sp³-hybridized carbons (Fsp3) is 0.600. The SMILES string of the molecule is CC(C)OC(=O)[C@H]1C(=O)C[C@](C)(O)[C@@H](C(=O)OC(C)C)[C@@H]1c1cccnc1. The number of hydrogen-bond donors (Lipinski definition) is 1. The third-order valence-corrected chi connectivity index (χ3v) is 4.55. The lowest BCUT2D eigenvalue weighted by Gasteiger charge is -2.43. The summed E-state index contributed by atoms with van der Waals surface area (Å²) in [6, 6.07) is 3.33. The molecule has 7 nitrogen and oxygen atoms in total. The van der Waals surface area contributed by atoms with Gasteiger partial charge in [-0.25, -0.2) is 0 Å². The van der Waals surface area contributed by atoms with Crippen molar-refractivity contribution in [3.8, 4) is 0 Å². The van der Waals surface area contributed by atoms with Crippen LogP contribution in [-0.2, 0) is 23.9 Å². The second kappa shape index (κ2) is 8.17. The number of ether oxygens (including phenoxy) is 2. The Labute approximate surface area is 159 Å². The largest absolute Gasteiger partial charge is 0.463 e. The molecule has 0 bridgehead atoms. The van der Waals surface area contributed by atoms with Crippen molar-refractivity contribution >= 4 is 17.7 Å². The van der Waals surface area contributed by atoms with Gasteiger partial charge in [0.2, 0.25) is 0 Å². The summed E-state index contributed by atoms with van der Waals surface area (Å²) in [6.07, 6.45) is 1.89. The van der Waals surface area contributed by atoms with Gasteiger partial charge < -0.3 is 14.6 Å². The molecule has 0 aromatic carbocycles. The van der Waals surface area contributed by atoms with E-state index in [2.05, 4.69) is 4.98 Å². The number of Topliss-reactive ketones (excluding diaryl/α,β-unsaturated/α-hetero) is 1. The van der Waals surface area contributed by atoms with E-state index < -0.39 is 53.3 Å². The molecule has 0 radical (unpaired) electrons. The van der Waals surface area contributed by atoms with Gasteiger partial charge in [0.1, 0.15) is 5.92 Å². The summed E-state index contributed by atoms with van der Waals surface area (Å²) in [5.74, 6) is -5.06. The highest BCUT2D eigenvalue weighted by Crippen LogP contribution is 2.46. The van der Waals surface area contributed by atoms with Crippen molar-refractivity contribution in [2.45, 2.75) is 64.8 Å². The number of pyridine rings is 1. The lowest BCUT2D eigenvalue weighted by molar-refractivity contribution is -0.176. The van der Waals surface area contributed by atoms with E-state index in [1.54, 1.807) is 46.0 Å². The first-order valence-electron chi connectivity index (χ1n) is 9.10. The normalized spacial score (nSPS) is 28.3. The first-order chi connectivity index (χ1) is 12.5. The maximum Gasteiger partial charge on any atom is 0.317 e. The van der Waals surface area contributed by atoms with Crippen molar-refractivity contribution in [2.24, 2.45) is 11.8 Å². The van der Waals surface area contributed by atoms with Crippen molar-refractivity contribution in [1.29, 1.82) is 0 Å². The molecule has 0 unspecified atom stereocenters. The monoisotopic (exact) mass is 377 g/mol. The van der Waals surface area contributed by atoms with Crippen molar-refractivity contribution in [3.63, 3.8) is 0 Å². The molecular weight excluding hydrogens is 350 g/mol. The van der Waals surface area contributed by atoms with E-state index in [0.29, 0.717) is 5.56 Å². The van der Waals surface area contributed by atoms with Gasteiger partial charge in [-0.05, 0) is 46.2 Å². The third-order valence-electron chi connectivity index (χ3n) is 4.55. The number of aromatic nitrogens is 1. The zero-order chi connectivity index (χ0) is 20.4. The maximum atomic E-state index is 12.8. The van der Waals surface area contributed by atoms with E-state index in [0.717, 1.165) is 0 Å². The molecular formula is C20H27NO6. The Morgan fingerprint density at radius 3 is 2.30 bits per heavy atom. The number of nitrogens with zero attached hydrogens (tertiary/aromatic N) is 1. The van der Waals surface area contributed by atoms with Crippen LogP contribution in [0.4, 0.5) is 0 Å². The zero-order valence-electron chi connectivity index (χ0n) is 16.3. The van der Waals surface area contributed by atoms with Crippen LogP contribution in [0.3, 0.4) is 0 Å². The highest BCUT2D eigenvalue weighted by molar-refractivity contribution is 6.02. The Kier molecular flexibility index (Phi) is 6.36. The van der Waals surface area contributed by atoms with Crippen LogP contribution in [0, 0.1) is 11.8 Å². The van der Waals surface area contributed by atoms with Crippen molar-refractivity contribution in [1.82, 2.24) is 4.98 Å². The van der Waals surface area contributed by atoms with Gasteiger partial charge >= 0.3 is 11.9 Å². The topological polar surface area (TPSA) is 103 Å². The van der Waals surface area contributed by atoms with Crippen LogP contribution < -0.4 is 0 Å². The van der Waals surface area contributed by atoms with Gasteiger partial charge in [-0.15, -0.1) is 0 Å². The zero-order valence-corrected chi connectivity index (χ0v) is 16.3. The summed E-state index contributed by atoms with van der Waals surface area (Å²) in [7, 11) is 0. The van der Waals surface area contributed by atoms with E-state index in [1.807, 2.05) is 0 Å². The number of carbonyl (C=O) groups is 3. The quantitative estimate of drug-likeness (QED) is 0.618. The van der Waals surface area contributed by atoms with Crippen LogP contribution in [-0.4, -0.2) is 45.6 Å². The standard InChI is InChI=1S/C20H27NO6/c1-11(2)26-18(23)16-14(22)9-20(5,25)17(19(24)27-12(3)4)15(16)13-7-6-8-21-10-13/h6-8,10-12,15-17,25H,9H2,1-5H3/t15-,16+,17-,20+/m1/s1. The van der Waals surface area contributed by atoms with E-state index >= 15 is 0 Å². The van der Waals surface area contributed by atoms with E-state index in [9.17, 15) is 19.5 Å². The minimum atomic E-state index is -1.65. The van der Waals surface area contributed by atoms with Gasteiger partial charge in [0, 0.05) is 24.7 Å². The lowest BCUT2D eigenvalue weighted by atomic mass is 9.62. The van der Waals surface area contributed by atoms with Crippen LogP contribution in [0.1, 0.15) is 52.5 Å². The van der Waals surface area contributed by atoms with Crippen LogP contribution in [0.15, 0.2) is 24.5 Å². The molecule has 4 atom stereocenters. The molecule has 1 aromatic rings. The van der Waals surface area contributed by atoms with Crippen molar-refractivity contribution in [2.75, 3.05) is 0 Å². The Morgan fingerprint density at radius 1 is 1.19 bits per heavy atom. The molecule has 1 saturated carbocycles. The molecule has 2 rings (SSSR count). The third kappa shape index (κ3) is 4.71. The van der Waals surface area contributed by atoms with Gasteiger partial charge in [0.25, 0.3) is 0 Å². The number of ketones is 1. The Morgan fingerprint density at radius 2 is 1.78 bits per heavy atom. The molecule has 1 fully saturated rings. The molecule has 0 spiro atoms. The highest BCUT2D eigenvalue weighted by atomic mass is 16.5. The van der Waals surface area contributed by atoms with Crippen molar-refractivity contribution < 1.29 is 29.0 Å². The van der Waals surface area contributed by atoms with Gasteiger partial charge in [-0.1, -0.05) is 6.07 Å². The first kappa shape index (κ1) is 21.0. The number of aliphatic hydroxyl groups is 1. The second-order valence-corrected chi connectivity index (χ2v) is 7.74. The van der Waals surface area contributed by atoms with Gasteiger partial charge in [0.15, 0.2) is 5.78 Å². The summed E-state index contributed by atoms with van der Waals surface area (Å²) in [5.41, 5.74) is -1.15. The molecule has 0 amide bonds. The highest BCUT2D eigenvalue weighted by Gasteiger charge is 2.57. The molecule has 1 heterocycles. The smallest absolute Gasteiger partial charge is 0.317 e.